The molecule has 0 fully saturated rings. The molecule has 0 saturated heterocycles. The quantitative estimate of drug-likeness (QED) is 0.309. The molecule has 4 aromatic rings. The number of aromatic nitrogens is 2. The van der Waals surface area contributed by atoms with Crippen LogP contribution in [0.3, 0.4) is 0 Å². The van der Waals surface area contributed by atoms with Gasteiger partial charge >= 0.3 is 0 Å². The van der Waals surface area contributed by atoms with Crippen LogP contribution >= 0.6 is 11.6 Å². The number of hydrazone groups is 1. The van der Waals surface area contributed by atoms with Gasteiger partial charge in [0.05, 0.1) is 18.4 Å². The Morgan fingerprint density at radius 3 is 2.53 bits per heavy atom. The largest absolute Gasteiger partial charge is 0.343 e. The minimum atomic E-state index is -0.459. The van der Waals surface area contributed by atoms with Gasteiger partial charge in [0.15, 0.2) is 0 Å². The number of hydrogen-bond donors (Lipinski definition) is 2. The molecule has 0 aliphatic heterocycles. The van der Waals surface area contributed by atoms with Crippen LogP contribution in [0, 0.1) is 6.92 Å². The van der Waals surface area contributed by atoms with Crippen molar-refractivity contribution in [2.24, 2.45) is 5.10 Å². The highest BCUT2D eigenvalue weighted by Gasteiger charge is 2.12. The zero-order valence-corrected chi connectivity index (χ0v) is 19.2. The molecule has 2 amide bonds. The van der Waals surface area contributed by atoms with E-state index in [4.69, 9.17) is 16.7 Å². The summed E-state index contributed by atoms with van der Waals surface area (Å²) in [6.45, 7) is 1.80. The number of carbonyl (C=O) groups is 2. The molecule has 2 N–H and O–H groups in total. The molecule has 34 heavy (non-hydrogen) atoms. The van der Waals surface area contributed by atoms with E-state index in [2.05, 4.69) is 15.8 Å². The van der Waals surface area contributed by atoms with Crippen LogP contribution in [0.2, 0.25) is 5.02 Å². The maximum atomic E-state index is 12.2. The van der Waals surface area contributed by atoms with Gasteiger partial charge in [-0.05, 0) is 37.3 Å². The van der Waals surface area contributed by atoms with Crippen molar-refractivity contribution in [1.29, 1.82) is 0 Å². The van der Waals surface area contributed by atoms with Gasteiger partial charge in [-0.15, -0.1) is 0 Å². The van der Waals surface area contributed by atoms with E-state index in [9.17, 15) is 9.59 Å². The summed E-state index contributed by atoms with van der Waals surface area (Å²) in [6.07, 6.45) is 3.39. The number of hydrogen-bond acceptors (Lipinski definition) is 4. The van der Waals surface area contributed by atoms with Crippen molar-refractivity contribution in [2.45, 2.75) is 6.92 Å². The Morgan fingerprint density at radius 2 is 1.79 bits per heavy atom. The minimum Gasteiger partial charge on any atom is -0.343 e. The van der Waals surface area contributed by atoms with Crippen LogP contribution < -0.4 is 10.7 Å². The van der Waals surface area contributed by atoms with Crippen molar-refractivity contribution in [3.8, 4) is 16.9 Å². The van der Waals surface area contributed by atoms with Gasteiger partial charge in [-0.3, -0.25) is 9.59 Å². The molecule has 1 aromatic heterocycles. The molecule has 0 radical (unpaired) electrons. The minimum absolute atomic E-state index is 0.225. The molecule has 0 aliphatic rings. The molecule has 0 unspecified atom stereocenters. The molecule has 0 atom stereocenters. The number of benzene rings is 3. The van der Waals surface area contributed by atoms with Gasteiger partial charge in [0.25, 0.3) is 11.8 Å². The number of nitrogens with zero attached hydrogens (tertiary/aromatic N) is 3. The third-order valence-corrected chi connectivity index (χ3v) is 5.21. The van der Waals surface area contributed by atoms with Gasteiger partial charge in [0.1, 0.15) is 5.69 Å². The normalized spacial score (nSPS) is 10.9. The summed E-state index contributed by atoms with van der Waals surface area (Å²) in [6, 6.07) is 24.2. The third-order valence-electron chi connectivity index (χ3n) is 4.98. The first kappa shape index (κ1) is 22.9. The molecule has 3 aromatic carbocycles. The predicted molar refractivity (Wildman–Crippen MR) is 133 cm³/mol. The Morgan fingerprint density at radius 1 is 1.03 bits per heavy atom. The van der Waals surface area contributed by atoms with E-state index >= 15 is 0 Å². The number of amides is 2. The van der Waals surface area contributed by atoms with Crippen molar-refractivity contribution in [1.82, 2.24) is 20.5 Å². The van der Waals surface area contributed by atoms with E-state index < -0.39 is 11.8 Å². The molecule has 0 spiro atoms. The maximum absolute atomic E-state index is 12.2. The molecule has 1 heterocycles. The molecule has 0 aliphatic carbocycles. The van der Waals surface area contributed by atoms with E-state index in [1.807, 2.05) is 67.7 Å². The third kappa shape index (κ3) is 5.76. The number of aryl methyl sites for hydroxylation is 1. The Kier molecular flexibility index (Phi) is 7.15. The van der Waals surface area contributed by atoms with Crippen molar-refractivity contribution in [3.63, 3.8) is 0 Å². The Hall–Kier alpha value is -4.23. The molecule has 170 valence electrons. The van der Waals surface area contributed by atoms with Crippen LogP contribution in [0.25, 0.3) is 16.9 Å². The average Bonchev–Trinajstić information content (AvgIpc) is 3.27. The standard InChI is InChI=1S/C26H22ClN5O2/c1-18-10-12-19(13-11-18)25-21(17-32(31-25)23-8-3-2-4-9-23)15-29-30-24(33)16-28-26(34)20-6-5-7-22(27)14-20/h2-15,17H,16H2,1H3,(H,28,34)(H,30,33)/b29-15+. The molecule has 0 bridgehead atoms. The first-order valence-corrected chi connectivity index (χ1v) is 11.0. The lowest BCUT2D eigenvalue weighted by Gasteiger charge is -2.04. The second-order valence-electron chi connectivity index (χ2n) is 7.57. The van der Waals surface area contributed by atoms with Gasteiger partial charge in [0.2, 0.25) is 0 Å². The van der Waals surface area contributed by atoms with E-state index in [1.54, 1.807) is 29.1 Å². The Bertz CT molecular complexity index is 1330. The van der Waals surface area contributed by atoms with Crippen LogP contribution in [0.5, 0.6) is 0 Å². The number of rotatable bonds is 7. The lowest BCUT2D eigenvalue weighted by atomic mass is 10.1. The zero-order valence-electron chi connectivity index (χ0n) is 18.4. The predicted octanol–water partition coefficient (Wildman–Crippen LogP) is 4.38. The fourth-order valence-corrected chi connectivity index (χ4v) is 3.43. The van der Waals surface area contributed by atoms with Gasteiger partial charge in [0, 0.05) is 27.9 Å². The fraction of sp³-hybridized carbons (Fsp3) is 0.0769. The van der Waals surface area contributed by atoms with E-state index in [0.717, 1.165) is 28.1 Å². The van der Waals surface area contributed by atoms with Crippen LogP contribution in [-0.2, 0) is 4.79 Å². The maximum Gasteiger partial charge on any atom is 0.259 e. The number of halogens is 1. The molecular formula is C26H22ClN5O2. The summed E-state index contributed by atoms with van der Waals surface area (Å²) in [7, 11) is 0. The van der Waals surface area contributed by atoms with Gasteiger partial charge < -0.3 is 5.32 Å². The SMILES string of the molecule is Cc1ccc(-c2nn(-c3ccccc3)cc2/C=N/NC(=O)CNC(=O)c2cccc(Cl)c2)cc1. The summed E-state index contributed by atoms with van der Waals surface area (Å²) in [5, 5.41) is 11.8. The second-order valence-corrected chi connectivity index (χ2v) is 8.00. The van der Waals surface area contributed by atoms with Gasteiger partial charge in [-0.1, -0.05) is 65.7 Å². The van der Waals surface area contributed by atoms with E-state index in [0.29, 0.717) is 10.6 Å². The van der Waals surface area contributed by atoms with Gasteiger partial charge in [-0.25, -0.2) is 10.1 Å². The second kappa shape index (κ2) is 10.6. The monoisotopic (exact) mass is 471 g/mol. The average molecular weight is 472 g/mol. The summed E-state index contributed by atoms with van der Waals surface area (Å²) in [5.74, 6) is -0.855. The van der Waals surface area contributed by atoms with E-state index in [-0.39, 0.29) is 6.54 Å². The molecule has 4 rings (SSSR count). The van der Waals surface area contributed by atoms with Crippen molar-refractivity contribution < 1.29 is 9.59 Å². The lowest BCUT2D eigenvalue weighted by Crippen LogP contribution is -2.34. The van der Waals surface area contributed by atoms with Crippen LogP contribution in [0.15, 0.2) is 90.2 Å². The highest BCUT2D eigenvalue weighted by atomic mass is 35.5. The molecule has 8 heteroatoms. The number of para-hydroxylation sites is 1. The van der Waals surface area contributed by atoms with Gasteiger partial charge in [-0.2, -0.15) is 10.2 Å². The smallest absolute Gasteiger partial charge is 0.259 e. The molecule has 7 nitrogen and oxygen atoms in total. The Balaban J connectivity index is 1.46. The highest BCUT2D eigenvalue weighted by Crippen LogP contribution is 2.23. The van der Waals surface area contributed by atoms with E-state index in [1.165, 1.54) is 6.07 Å². The molecular weight excluding hydrogens is 450 g/mol. The first-order chi connectivity index (χ1) is 16.5. The zero-order chi connectivity index (χ0) is 23.9. The number of nitrogens with one attached hydrogen (secondary N) is 2. The summed E-state index contributed by atoms with van der Waals surface area (Å²) < 4.78 is 1.77. The highest BCUT2D eigenvalue weighted by molar-refractivity contribution is 6.31. The van der Waals surface area contributed by atoms with Crippen LogP contribution in [-0.4, -0.2) is 34.4 Å². The Labute approximate surface area is 202 Å². The first-order valence-electron chi connectivity index (χ1n) is 10.6. The summed E-state index contributed by atoms with van der Waals surface area (Å²) >= 11 is 5.90. The lowest BCUT2D eigenvalue weighted by molar-refractivity contribution is -0.120. The molecule has 0 saturated carbocycles. The summed E-state index contributed by atoms with van der Waals surface area (Å²) in [5.41, 5.74) is 7.26. The van der Waals surface area contributed by atoms with Crippen LogP contribution in [0.4, 0.5) is 0 Å². The van der Waals surface area contributed by atoms with Crippen LogP contribution in [0.1, 0.15) is 21.5 Å². The fourth-order valence-electron chi connectivity index (χ4n) is 3.24. The van der Waals surface area contributed by atoms with Crippen molar-refractivity contribution in [2.75, 3.05) is 6.54 Å². The topological polar surface area (TPSA) is 88.4 Å². The summed E-state index contributed by atoms with van der Waals surface area (Å²) in [4.78, 5) is 24.3. The van der Waals surface area contributed by atoms with Crippen molar-refractivity contribution in [3.05, 3.63) is 107 Å². The number of carbonyl (C=O) groups excluding carboxylic acids is 2. The van der Waals surface area contributed by atoms with Crippen molar-refractivity contribution >= 4 is 29.6 Å².